The molecule has 84 valence electrons. The van der Waals surface area contributed by atoms with Crippen molar-refractivity contribution < 1.29 is 0 Å². The number of halogens is 1. The van der Waals surface area contributed by atoms with Gasteiger partial charge in [0.25, 0.3) is 0 Å². The lowest BCUT2D eigenvalue weighted by Gasteiger charge is -1.93. The predicted octanol–water partition coefficient (Wildman–Crippen LogP) is 3.70. The van der Waals surface area contributed by atoms with Gasteiger partial charge in [0.1, 0.15) is 5.01 Å². The summed E-state index contributed by atoms with van der Waals surface area (Å²) in [6, 6.07) is 9.65. The number of benzene rings is 1. The lowest BCUT2D eigenvalue weighted by atomic mass is 10.3. The van der Waals surface area contributed by atoms with Gasteiger partial charge in [-0.15, -0.1) is 11.3 Å². The third-order valence-electron chi connectivity index (χ3n) is 2.36. The van der Waals surface area contributed by atoms with Gasteiger partial charge in [-0.3, -0.25) is 4.98 Å². The molecule has 0 aliphatic carbocycles. The van der Waals surface area contributed by atoms with E-state index >= 15 is 0 Å². The normalized spacial score (nSPS) is 10.9. The van der Waals surface area contributed by atoms with Gasteiger partial charge < -0.3 is 5.73 Å². The summed E-state index contributed by atoms with van der Waals surface area (Å²) in [4.78, 5) is 8.87. The van der Waals surface area contributed by atoms with E-state index in [1.807, 2.05) is 30.3 Å². The van der Waals surface area contributed by atoms with E-state index in [1.165, 1.54) is 0 Å². The van der Waals surface area contributed by atoms with Crippen molar-refractivity contribution in [2.45, 2.75) is 0 Å². The molecule has 0 spiro atoms. The quantitative estimate of drug-likeness (QED) is 0.697. The van der Waals surface area contributed by atoms with Gasteiger partial charge in [0, 0.05) is 16.4 Å². The molecular weight excluding hydrogens is 298 g/mol. The highest BCUT2D eigenvalue weighted by molar-refractivity contribution is 9.10. The summed E-state index contributed by atoms with van der Waals surface area (Å²) in [5, 5.41) is 0.915. The molecule has 1 aromatic carbocycles. The number of rotatable bonds is 1. The number of aromatic nitrogens is 2. The summed E-state index contributed by atoms with van der Waals surface area (Å²) in [5.41, 5.74) is 8.35. The Morgan fingerprint density at radius 3 is 2.82 bits per heavy atom. The minimum absolute atomic E-state index is 0.761. The summed E-state index contributed by atoms with van der Waals surface area (Å²) in [7, 11) is 0. The second-order valence-corrected chi connectivity index (χ2v) is 5.55. The van der Waals surface area contributed by atoms with E-state index in [2.05, 4.69) is 25.9 Å². The average molecular weight is 306 g/mol. The highest BCUT2D eigenvalue weighted by Gasteiger charge is 2.07. The Labute approximate surface area is 110 Å². The first-order chi connectivity index (χ1) is 8.22. The molecule has 0 saturated carbocycles. The van der Waals surface area contributed by atoms with E-state index in [0.29, 0.717) is 0 Å². The maximum Gasteiger partial charge on any atom is 0.143 e. The van der Waals surface area contributed by atoms with Crippen LogP contribution < -0.4 is 5.73 Å². The third-order valence-corrected chi connectivity index (χ3v) is 3.87. The summed E-state index contributed by atoms with van der Waals surface area (Å²) < 4.78 is 2.05. The molecule has 0 aliphatic heterocycles. The topological polar surface area (TPSA) is 51.8 Å². The highest BCUT2D eigenvalue weighted by Crippen LogP contribution is 2.30. The molecule has 0 saturated heterocycles. The van der Waals surface area contributed by atoms with Crippen LogP contribution in [0.5, 0.6) is 0 Å². The van der Waals surface area contributed by atoms with Gasteiger partial charge >= 0.3 is 0 Å². The van der Waals surface area contributed by atoms with Crippen molar-refractivity contribution in [2.24, 2.45) is 0 Å². The first kappa shape index (κ1) is 10.7. The van der Waals surface area contributed by atoms with Gasteiger partial charge in [-0.25, -0.2) is 4.98 Å². The lowest BCUT2D eigenvalue weighted by molar-refractivity contribution is 1.29. The van der Waals surface area contributed by atoms with Crippen LogP contribution in [0.25, 0.3) is 20.9 Å². The third kappa shape index (κ3) is 2.03. The molecule has 0 radical (unpaired) electrons. The molecule has 5 heteroatoms. The minimum atomic E-state index is 0.761. The fourth-order valence-electron chi connectivity index (χ4n) is 1.55. The molecule has 2 N–H and O–H groups in total. The van der Waals surface area contributed by atoms with E-state index in [1.54, 1.807) is 17.5 Å². The van der Waals surface area contributed by atoms with E-state index in [9.17, 15) is 0 Å². The number of nitrogens with zero attached hydrogens (tertiary/aromatic N) is 2. The largest absolute Gasteiger partial charge is 0.399 e. The Kier molecular flexibility index (Phi) is 2.57. The molecule has 0 amide bonds. The maximum absolute atomic E-state index is 5.75. The summed E-state index contributed by atoms with van der Waals surface area (Å²) >= 11 is 4.97. The van der Waals surface area contributed by atoms with Gasteiger partial charge in [0.05, 0.1) is 15.9 Å². The Bertz CT molecular complexity index is 676. The zero-order valence-corrected chi connectivity index (χ0v) is 11.1. The molecule has 3 aromatic rings. The van der Waals surface area contributed by atoms with Gasteiger partial charge in [-0.2, -0.15) is 0 Å². The number of pyridine rings is 1. The molecule has 0 fully saturated rings. The van der Waals surface area contributed by atoms with Crippen LogP contribution in [0.2, 0.25) is 0 Å². The van der Waals surface area contributed by atoms with E-state index in [4.69, 9.17) is 5.73 Å². The van der Waals surface area contributed by atoms with Crippen LogP contribution in [-0.2, 0) is 0 Å². The van der Waals surface area contributed by atoms with Crippen LogP contribution in [0.3, 0.4) is 0 Å². The molecule has 3 rings (SSSR count). The summed E-state index contributed by atoms with van der Waals surface area (Å²) in [5.74, 6) is 0. The van der Waals surface area contributed by atoms with Gasteiger partial charge in [-0.1, -0.05) is 0 Å². The minimum Gasteiger partial charge on any atom is -0.399 e. The van der Waals surface area contributed by atoms with Crippen molar-refractivity contribution in [2.75, 3.05) is 5.73 Å². The van der Waals surface area contributed by atoms with E-state index in [0.717, 1.165) is 31.1 Å². The Balaban J connectivity index is 2.14. The first-order valence-electron chi connectivity index (χ1n) is 5.00. The van der Waals surface area contributed by atoms with Crippen LogP contribution in [0.1, 0.15) is 0 Å². The Morgan fingerprint density at radius 2 is 2.06 bits per heavy atom. The van der Waals surface area contributed by atoms with Crippen LogP contribution >= 0.6 is 27.3 Å². The van der Waals surface area contributed by atoms with Crippen molar-refractivity contribution in [1.82, 2.24) is 9.97 Å². The predicted molar refractivity (Wildman–Crippen MR) is 75.0 cm³/mol. The number of hydrogen-bond acceptors (Lipinski definition) is 4. The fourth-order valence-corrected chi connectivity index (χ4v) is 2.78. The van der Waals surface area contributed by atoms with Crippen molar-refractivity contribution in [3.8, 4) is 10.7 Å². The molecule has 0 unspecified atom stereocenters. The van der Waals surface area contributed by atoms with Crippen LogP contribution in [0.4, 0.5) is 5.69 Å². The van der Waals surface area contributed by atoms with Crippen molar-refractivity contribution in [1.29, 1.82) is 0 Å². The number of thiazole rings is 1. The zero-order chi connectivity index (χ0) is 11.8. The fraction of sp³-hybridized carbons (Fsp3) is 0. The Hall–Kier alpha value is -1.46. The van der Waals surface area contributed by atoms with E-state index < -0.39 is 0 Å². The van der Waals surface area contributed by atoms with Crippen LogP contribution in [0, 0.1) is 0 Å². The van der Waals surface area contributed by atoms with Crippen molar-refractivity contribution >= 4 is 43.2 Å². The van der Waals surface area contributed by atoms with Crippen molar-refractivity contribution in [3.05, 3.63) is 41.0 Å². The maximum atomic E-state index is 5.75. The SMILES string of the molecule is Nc1ccc2nc(-c3ccc(Br)cn3)sc2c1. The lowest BCUT2D eigenvalue weighted by Crippen LogP contribution is -1.82. The molecule has 0 bridgehead atoms. The number of nitrogens with two attached hydrogens (primary N) is 1. The van der Waals surface area contributed by atoms with Crippen molar-refractivity contribution in [3.63, 3.8) is 0 Å². The summed E-state index contributed by atoms with van der Waals surface area (Å²) in [6.07, 6.45) is 1.77. The first-order valence-corrected chi connectivity index (χ1v) is 6.61. The Morgan fingerprint density at radius 1 is 1.18 bits per heavy atom. The van der Waals surface area contributed by atoms with Crippen LogP contribution in [0.15, 0.2) is 41.0 Å². The standard InChI is InChI=1S/C12H8BrN3S/c13-7-1-3-10(15-6-7)12-16-9-4-2-8(14)5-11(9)17-12/h1-6H,14H2. The molecular formula is C12H8BrN3S. The second kappa shape index (κ2) is 4.09. The highest BCUT2D eigenvalue weighted by atomic mass is 79.9. The molecule has 3 nitrogen and oxygen atoms in total. The number of hydrogen-bond donors (Lipinski definition) is 1. The zero-order valence-electron chi connectivity index (χ0n) is 8.72. The van der Waals surface area contributed by atoms with Gasteiger partial charge in [0.2, 0.25) is 0 Å². The molecule has 2 aromatic heterocycles. The second-order valence-electron chi connectivity index (χ2n) is 3.61. The monoisotopic (exact) mass is 305 g/mol. The summed E-state index contributed by atoms with van der Waals surface area (Å²) in [6.45, 7) is 0. The molecule has 2 heterocycles. The van der Waals surface area contributed by atoms with Crippen LogP contribution in [-0.4, -0.2) is 9.97 Å². The van der Waals surface area contributed by atoms with Gasteiger partial charge in [0.15, 0.2) is 0 Å². The van der Waals surface area contributed by atoms with E-state index in [-0.39, 0.29) is 0 Å². The van der Waals surface area contributed by atoms with Gasteiger partial charge in [-0.05, 0) is 46.3 Å². The number of nitrogen functional groups attached to an aromatic ring is 1. The average Bonchev–Trinajstić information content (AvgIpc) is 2.72. The molecule has 0 atom stereocenters. The molecule has 0 aliphatic rings. The molecule has 17 heavy (non-hydrogen) atoms. The smallest absolute Gasteiger partial charge is 0.143 e. The number of anilines is 1. The number of fused-ring (bicyclic) bond motifs is 1.